The number of pyridine rings is 1. The molecular weight excluding hydrogens is 434 g/mol. The highest BCUT2D eigenvalue weighted by atomic mass is 19.1. The van der Waals surface area contributed by atoms with E-state index in [0.29, 0.717) is 18.4 Å². The molecule has 1 atom stereocenters. The van der Waals surface area contributed by atoms with E-state index in [1.54, 1.807) is 24.4 Å². The van der Waals surface area contributed by atoms with Crippen LogP contribution < -0.4 is 4.74 Å². The number of nitrogens with zero attached hydrogens (tertiary/aromatic N) is 2. The summed E-state index contributed by atoms with van der Waals surface area (Å²) in [5, 5.41) is 10.2. The van der Waals surface area contributed by atoms with Gasteiger partial charge in [0, 0.05) is 31.4 Å². The highest BCUT2D eigenvalue weighted by molar-refractivity contribution is 6.01. The number of rotatable bonds is 7. The molecule has 1 aromatic heterocycles. The van der Waals surface area contributed by atoms with Gasteiger partial charge in [0.1, 0.15) is 23.4 Å². The molecular formula is C28H28F2N2O2. The first-order valence-electron chi connectivity index (χ1n) is 11.8. The van der Waals surface area contributed by atoms with Crippen molar-refractivity contribution in [3.63, 3.8) is 0 Å². The number of aryl methyl sites for hydroxylation is 1. The maximum Gasteiger partial charge on any atom is 0.148 e. The third-order valence-electron chi connectivity index (χ3n) is 6.69. The molecule has 1 fully saturated rings. The molecule has 2 heterocycles. The van der Waals surface area contributed by atoms with Gasteiger partial charge < -0.3 is 9.84 Å². The Hall–Kier alpha value is -3.25. The molecule has 0 unspecified atom stereocenters. The molecule has 1 aliphatic heterocycles. The topological polar surface area (TPSA) is 45.6 Å². The van der Waals surface area contributed by atoms with Gasteiger partial charge in [0.2, 0.25) is 0 Å². The molecule has 6 heteroatoms. The van der Waals surface area contributed by atoms with Crippen molar-refractivity contribution in [3.8, 4) is 11.5 Å². The monoisotopic (exact) mass is 462 g/mol. The number of hydrogen-bond donors (Lipinski definition) is 1. The van der Waals surface area contributed by atoms with Crippen molar-refractivity contribution in [2.45, 2.75) is 31.8 Å². The average molecular weight is 463 g/mol. The molecule has 2 aromatic carbocycles. The number of benzene rings is 2. The highest BCUT2D eigenvalue weighted by Gasteiger charge is 2.25. The van der Waals surface area contributed by atoms with E-state index in [9.17, 15) is 13.9 Å². The average Bonchev–Trinajstić information content (AvgIpc) is 3.30. The minimum Gasteiger partial charge on any atom is -0.508 e. The zero-order chi connectivity index (χ0) is 23.5. The molecule has 0 spiro atoms. The predicted molar refractivity (Wildman–Crippen MR) is 129 cm³/mol. The van der Waals surface area contributed by atoms with Gasteiger partial charge in [0.15, 0.2) is 0 Å². The van der Waals surface area contributed by atoms with Crippen LogP contribution in [0.25, 0.3) is 11.1 Å². The number of phenolic OH excluding ortho intramolecular Hbond substituents is 1. The third-order valence-corrected chi connectivity index (χ3v) is 6.69. The Morgan fingerprint density at radius 3 is 2.71 bits per heavy atom. The Morgan fingerprint density at radius 1 is 1.06 bits per heavy atom. The zero-order valence-electron chi connectivity index (χ0n) is 19.0. The lowest BCUT2D eigenvalue weighted by atomic mass is 9.79. The third kappa shape index (κ3) is 4.68. The minimum atomic E-state index is -0.350. The summed E-state index contributed by atoms with van der Waals surface area (Å²) in [7, 11) is 0. The summed E-state index contributed by atoms with van der Waals surface area (Å²) in [6, 6.07) is 15.0. The first-order valence-corrected chi connectivity index (χ1v) is 11.8. The fraction of sp³-hybridized carbons (Fsp3) is 0.321. The summed E-state index contributed by atoms with van der Waals surface area (Å²) in [5.74, 6) is 0.619. The van der Waals surface area contributed by atoms with E-state index in [1.165, 1.54) is 6.20 Å². The van der Waals surface area contributed by atoms with Gasteiger partial charge in [-0.25, -0.2) is 4.39 Å². The van der Waals surface area contributed by atoms with Crippen LogP contribution in [0.3, 0.4) is 0 Å². The number of halogens is 2. The second kappa shape index (κ2) is 9.94. The Labute approximate surface area is 198 Å². The first kappa shape index (κ1) is 22.5. The molecule has 0 bridgehead atoms. The van der Waals surface area contributed by atoms with Gasteiger partial charge in [-0.2, -0.15) is 0 Å². The molecule has 176 valence electrons. The van der Waals surface area contributed by atoms with Gasteiger partial charge in [-0.05, 0) is 83.9 Å². The maximum absolute atomic E-state index is 14.7. The van der Waals surface area contributed by atoms with E-state index in [1.807, 2.05) is 30.3 Å². The van der Waals surface area contributed by atoms with Crippen molar-refractivity contribution >= 4 is 11.1 Å². The summed E-state index contributed by atoms with van der Waals surface area (Å²) in [5.41, 5.74) is 5.37. The molecule has 1 aliphatic carbocycles. The number of phenols is 1. The number of fused-ring (bicyclic) bond motifs is 1. The van der Waals surface area contributed by atoms with Crippen molar-refractivity contribution in [2.24, 2.45) is 0 Å². The van der Waals surface area contributed by atoms with Crippen LogP contribution in [-0.2, 0) is 6.42 Å². The Bertz CT molecular complexity index is 1190. The molecule has 34 heavy (non-hydrogen) atoms. The van der Waals surface area contributed by atoms with E-state index in [-0.39, 0.29) is 24.3 Å². The fourth-order valence-corrected chi connectivity index (χ4v) is 5.05. The van der Waals surface area contributed by atoms with Gasteiger partial charge in [-0.3, -0.25) is 14.3 Å². The highest BCUT2D eigenvalue weighted by Crippen LogP contribution is 2.42. The number of ether oxygens (including phenoxy) is 1. The Morgan fingerprint density at radius 2 is 1.91 bits per heavy atom. The SMILES string of the molecule is Oc1ccc2c(c1)C(c1ccc(O[C@H]3CCN(CCCF)C3)cc1)=C(c1ccncc1F)CC2. The van der Waals surface area contributed by atoms with Crippen molar-refractivity contribution in [3.05, 3.63) is 89.0 Å². The number of alkyl halides is 1. The smallest absolute Gasteiger partial charge is 0.148 e. The maximum atomic E-state index is 14.7. The lowest BCUT2D eigenvalue weighted by Crippen LogP contribution is -2.26. The first-order chi connectivity index (χ1) is 16.6. The number of aromatic nitrogens is 1. The van der Waals surface area contributed by atoms with Crippen LogP contribution in [0, 0.1) is 5.82 Å². The van der Waals surface area contributed by atoms with Crippen LogP contribution in [0.4, 0.5) is 8.78 Å². The summed E-state index contributed by atoms with van der Waals surface area (Å²) < 4.78 is 33.4. The second-order valence-electron chi connectivity index (χ2n) is 8.95. The second-order valence-corrected chi connectivity index (χ2v) is 8.95. The van der Waals surface area contributed by atoms with Crippen molar-refractivity contribution in [2.75, 3.05) is 26.3 Å². The molecule has 0 saturated carbocycles. The Kier molecular flexibility index (Phi) is 6.59. The predicted octanol–water partition coefficient (Wildman–Crippen LogP) is 5.64. The van der Waals surface area contributed by atoms with Crippen LogP contribution >= 0.6 is 0 Å². The van der Waals surface area contributed by atoms with Gasteiger partial charge in [0.05, 0.1) is 12.9 Å². The lowest BCUT2D eigenvalue weighted by Gasteiger charge is -2.25. The van der Waals surface area contributed by atoms with Gasteiger partial charge in [-0.15, -0.1) is 0 Å². The van der Waals surface area contributed by atoms with E-state index in [4.69, 9.17) is 4.74 Å². The van der Waals surface area contributed by atoms with Crippen molar-refractivity contribution < 1.29 is 18.6 Å². The molecule has 4 nitrogen and oxygen atoms in total. The molecule has 5 rings (SSSR count). The molecule has 3 aromatic rings. The van der Waals surface area contributed by atoms with E-state index >= 15 is 0 Å². The number of likely N-dealkylation sites (tertiary alicyclic amines) is 1. The fourth-order valence-electron chi connectivity index (χ4n) is 5.05. The Balaban J connectivity index is 1.45. The van der Waals surface area contributed by atoms with Gasteiger partial charge in [0.25, 0.3) is 0 Å². The molecule has 1 saturated heterocycles. The summed E-state index contributed by atoms with van der Waals surface area (Å²) in [6.45, 7) is 2.22. The van der Waals surface area contributed by atoms with Crippen LogP contribution in [0.5, 0.6) is 11.5 Å². The normalized spacial score (nSPS) is 18.2. The lowest BCUT2D eigenvalue weighted by molar-refractivity contribution is 0.198. The molecule has 0 radical (unpaired) electrons. The van der Waals surface area contributed by atoms with Crippen LogP contribution in [-0.4, -0.2) is 47.4 Å². The van der Waals surface area contributed by atoms with Gasteiger partial charge >= 0.3 is 0 Å². The molecule has 1 N–H and O–H groups in total. The number of hydrogen-bond acceptors (Lipinski definition) is 4. The van der Waals surface area contributed by atoms with E-state index in [2.05, 4.69) is 9.88 Å². The summed E-state index contributed by atoms with van der Waals surface area (Å²) in [4.78, 5) is 6.14. The van der Waals surface area contributed by atoms with Crippen LogP contribution in [0.1, 0.15) is 41.5 Å². The van der Waals surface area contributed by atoms with Crippen LogP contribution in [0.15, 0.2) is 60.9 Å². The van der Waals surface area contributed by atoms with Crippen molar-refractivity contribution in [1.82, 2.24) is 9.88 Å². The quantitative estimate of drug-likeness (QED) is 0.493. The summed E-state index contributed by atoms with van der Waals surface area (Å²) in [6.07, 6.45) is 5.91. The van der Waals surface area contributed by atoms with Crippen molar-refractivity contribution in [1.29, 1.82) is 0 Å². The van der Waals surface area contributed by atoms with E-state index in [0.717, 1.165) is 66.1 Å². The molecule has 0 amide bonds. The standard InChI is InChI=1S/C28H28F2N2O2/c29-12-1-14-32-15-11-23(18-32)34-22-7-3-20(4-8-22)28-25(24-10-13-31-17-27(24)30)9-5-19-2-6-21(33)16-26(19)28/h2-4,6-8,10,13,16-17,23,33H,1,5,9,11-12,14-15,18H2/t23-/m0/s1. The zero-order valence-corrected chi connectivity index (χ0v) is 19.0. The number of allylic oxidation sites excluding steroid dienone is 1. The molecule has 2 aliphatic rings. The number of aromatic hydroxyl groups is 1. The van der Waals surface area contributed by atoms with Crippen LogP contribution in [0.2, 0.25) is 0 Å². The van der Waals surface area contributed by atoms with Gasteiger partial charge in [-0.1, -0.05) is 18.2 Å². The summed E-state index contributed by atoms with van der Waals surface area (Å²) >= 11 is 0. The van der Waals surface area contributed by atoms with E-state index < -0.39 is 0 Å². The largest absolute Gasteiger partial charge is 0.508 e. The minimum absolute atomic E-state index is 0.0958.